The van der Waals surface area contributed by atoms with Crippen LogP contribution in [-0.4, -0.2) is 140 Å². The van der Waals surface area contributed by atoms with Crippen LogP contribution in [0.1, 0.15) is 232 Å². The van der Waals surface area contributed by atoms with Gasteiger partial charge in [-0.05, 0) is 89.9 Å². The molecule has 1 amide bonds. The molecule has 2 rings (SSSR count). The van der Waals surface area contributed by atoms with Crippen molar-refractivity contribution in [3.05, 3.63) is 122 Å². The molecule has 2 heterocycles. The maximum atomic E-state index is 13.3. The number of hydrogen-bond acceptors (Lipinski definition) is 13. The Morgan fingerprint density at radius 2 is 0.802 bits per heavy atom. The number of nitrogens with one attached hydrogen (secondary N) is 1. The van der Waals surface area contributed by atoms with E-state index in [9.17, 15) is 45.6 Å². The van der Waals surface area contributed by atoms with Gasteiger partial charge in [0.05, 0.1) is 32.0 Å². The van der Waals surface area contributed by atoms with E-state index in [0.717, 1.165) is 103 Å². The molecule has 492 valence electrons. The summed E-state index contributed by atoms with van der Waals surface area (Å²) in [5.41, 5.74) is 0. The van der Waals surface area contributed by atoms with Crippen molar-refractivity contribution in [2.45, 2.75) is 306 Å². The number of aliphatic hydroxyl groups excluding tert-OH is 8. The van der Waals surface area contributed by atoms with E-state index in [1.165, 1.54) is 103 Å². The van der Waals surface area contributed by atoms with Crippen molar-refractivity contribution in [2.75, 3.05) is 19.8 Å². The number of unbranched alkanes of at least 4 members (excludes halogenated alkanes) is 22. The van der Waals surface area contributed by atoms with Gasteiger partial charge in [0, 0.05) is 6.42 Å². The molecule has 2 saturated heterocycles. The molecule has 0 saturated carbocycles. The summed E-state index contributed by atoms with van der Waals surface area (Å²) in [4.78, 5) is 13.3. The molecule has 2 aliphatic heterocycles. The number of hydrogen-bond donors (Lipinski definition) is 9. The van der Waals surface area contributed by atoms with Gasteiger partial charge in [-0.1, -0.05) is 257 Å². The molecule has 9 N–H and O–H groups in total. The van der Waals surface area contributed by atoms with E-state index in [-0.39, 0.29) is 18.9 Å². The predicted octanol–water partition coefficient (Wildman–Crippen LogP) is 13.3. The van der Waals surface area contributed by atoms with Crippen LogP contribution in [0.15, 0.2) is 122 Å². The molecule has 0 spiro atoms. The van der Waals surface area contributed by atoms with E-state index in [2.05, 4.69) is 129 Å². The monoisotopic (exact) mass is 1210 g/mol. The maximum absolute atomic E-state index is 13.3. The predicted molar refractivity (Wildman–Crippen MR) is 350 cm³/mol. The number of rotatable bonds is 53. The Morgan fingerprint density at radius 1 is 0.430 bits per heavy atom. The lowest BCUT2D eigenvalue weighted by Gasteiger charge is -2.46. The summed E-state index contributed by atoms with van der Waals surface area (Å²) in [7, 11) is 0. The Balaban J connectivity index is 1.61. The summed E-state index contributed by atoms with van der Waals surface area (Å²) in [6.07, 6.45) is 63.9. The second-order valence-electron chi connectivity index (χ2n) is 23.2. The van der Waals surface area contributed by atoms with Crippen LogP contribution in [0.2, 0.25) is 0 Å². The maximum Gasteiger partial charge on any atom is 0.220 e. The summed E-state index contributed by atoms with van der Waals surface area (Å²) in [6.45, 7) is 2.66. The molecular formula is C72H121NO13. The van der Waals surface area contributed by atoms with E-state index >= 15 is 0 Å². The first kappa shape index (κ1) is 78.5. The third-order valence-electron chi connectivity index (χ3n) is 15.7. The topological polar surface area (TPSA) is 228 Å². The first-order chi connectivity index (χ1) is 42.1. The van der Waals surface area contributed by atoms with Crippen LogP contribution in [-0.2, 0) is 23.7 Å². The van der Waals surface area contributed by atoms with E-state index in [4.69, 9.17) is 18.9 Å². The van der Waals surface area contributed by atoms with Gasteiger partial charge in [0.2, 0.25) is 5.91 Å². The molecule has 0 aromatic rings. The number of ether oxygens (including phenoxy) is 4. The molecule has 0 aliphatic carbocycles. The molecule has 14 nitrogen and oxygen atoms in total. The van der Waals surface area contributed by atoms with Gasteiger partial charge in [-0.3, -0.25) is 4.79 Å². The number of carbonyl (C=O) groups excluding carboxylic acids is 1. The van der Waals surface area contributed by atoms with Gasteiger partial charge in [0.25, 0.3) is 0 Å². The van der Waals surface area contributed by atoms with Crippen LogP contribution in [0.25, 0.3) is 0 Å². The first-order valence-corrected chi connectivity index (χ1v) is 33.8. The Hall–Kier alpha value is -3.61. The Kier molecular flexibility index (Phi) is 50.6. The summed E-state index contributed by atoms with van der Waals surface area (Å²) < 4.78 is 22.8. The summed E-state index contributed by atoms with van der Waals surface area (Å²) in [5.74, 6) is -0.248. The van der Waals surface area contributed by atoms with E-state index in [1.54, 1.807) is 6.08 Å². The van der Waals surface area contributed by atoms with Gasteiger partial charge in [0.15, 0.2) is 12.6 Å². The van der Waals surface area contributed by atoms with Crippen molar-refractivity contribution in [3.8, 4) is 0 Å². The fourth-order valence-corrected chi connectivity index (χ4v) is 10.3. The second-order valence-corrected chi connectivity index (χ2v) is 23.2. The van der Waals surface area contributed by atoms with E-state index in [0.29, 0.717) is 6.42 Å². The minimum atomic E-state index is -1.79. The molecule has 2 aliphatic rings. The third-order valence-corrected chi connectivity index (χ3v) is 15.7. The molecule has 0 aromatic heterocycles. The highest BCUT2D eigenvalue weighted by Crippen LogP contribution is 2.30. The average Bonchev–Trinajstić information content (AvgIpc) is 2.76. The normalized spacial score (nSPS) is 24.2. The van der Waals surface area contributed by atoms with Crippen molar-refractivity contribution >= 4 is 5.91 Å². The Bertz CT molecular complexity index is 1910. The number of aliphatic hydroxyl groups is 8. The van der Waals surface area contributed by atoms with E-state index in [1.807, 2.05) is 6.08 Å². The van der Waals surface area contributed by atoms with Crippen molar-refractivity contribution in [2.24, 2.45) is 0 Å². The SMILES string of the molecule is CC/C=C\C/C=C\C/C=C\C/C=C\C/C=C\C/C=C\C/C=C\C/C=C\C/C=C\CCCCCCCCCCCCCC(=O)NC(COC1OC(CO)C(OC2OC(CO)C(O)C(O)C2O)C(O)C1O)C(O)/C=C/CCCCCCCCCCCCC. The highest BCUT2D eigenvalue weighted by atomic mass is 16.7. The van der Waals surface area contributed by atoms with Crippen molar-refractivity contribution in [3.63, 3.8) is 0 Å². The molecule has 12 unspecified atom stereocenters. The lowest BCUT2D eigenvalue weighted by molar-refractivity contribution is -0.359. The van der Waals surface area contributed by atoms with Crippen LogP contribution < -0.4 is 5.32 Å². The quantitative estimate of drug-likeness (QED) is 0.0204. The molecule has 0 radical (unpaired) electrons. The lowest BCUT2D eigenvalue weighted by atomic mass is 9.97. The highest BCUT2D eigenvalue weighted by Gasteiger charge is 2.51. The summed E-state index contributed by atoms with van der Waals surface area (Å²) in [6, 6.07) is -0.923. The van der Waals surface area contributed by atoms with Gasteiger partial charge in [0.1, 0.15) is 48.8 Å². The second kappa shape index (κ2) is 55.5. The minimum Gasteiger partial charge on any atom is -0.394 e. The smallest absolute Gasteiger partial charge is 0.220 e. The zero-order chi connectivity index (χ0) is 62.3. The van der Waals surface area contributed by atoms with Gasteiger partial charge >= 0.3 is 0 Å². The molecule has 14 heteroatoms. The largest absolute Gasteiger partial charge is 0.394 e. The Morgan fingerprint density at radius 3 is 1.23 bits per heavy atom. The number of amides is 1. The molecule has 0 aromatic carbocycles. The van der Waals surface area contributed by atoms with Crippen molar-refractivity contribution < 1.29 is 64.6 Å². The highest BCUT2D eigenvalue weighted by molar-refractivity contribution is 5.76. The fraction of sp³-hybridized carbons (Fsp3) is 0.708. The first-order valence-electron chi connectivity index (χ1n) is 33.8. The zero-order valence-corrected chi connectivity index (χ0v) is 53.3. The summed E-state index contributed by atoms with van der Waals surface area (Å²) in [5, 5.41) is 87.2. The molecular weight excluding hydrogens is 1090 g/mol. The minimum absolute atomic E-state index is 0.248. The average molecular weight is 1210 g/mol. The van der Waals surface area contributed by atoms with E-state index < -0.39 is 86.8 Å². The van der Waals surface area contributed by atoms with Gasteiger partial charge < -0.3 is 65.1 Å². The third kappa shape index (κ3) is 39.4. The fourth-order valence-electron chi connectivity index (χ4n) is 10.3. The van der Waals surface area contributed by atoms with Gasteiger partial charge in [-0.25, -0.2) is 0 Å². The van der Waals surface area contributed by atoms with Crippen LogP contribution >= 0.6 is 0 Å². The van der Waals surface area contributed by atoms with Gasteiger partial charge in [-0.2, -0.15) is 0 Å². The Labute approximate surface area is 520 Å². The number of allylic oxidation sites excluding steroid dienone is 19. The molecule has 86 heavy (non-hydrogen) atoms. The van der Waals surface area contributed by atoms with Crippen molar-refractivity contribution in [1.82, 2.24) is 5.32 Å². The molecule has 0 bridgehead atoms. The molecule has 12 atom stereocenters. The standard InChI is InChI=1S/C72H121NO13/c1-3-5-7-9-11-13-15-17-18-19-20-21-22-23-24-25-26-27-28-29-30-31-32-33-34-35-36-37-38-39-40-41-42-44-46-48-50-52-54-56-64(77)73-60(61(76)55-53-51-49-47-45-43-16-14-12-10-8-6-4-2)59-83-71-69(82)67(80)70(63(58-75)85-71)86-72-68(81)66(79)65(78)62(57-74)84-72/h5,7,11,13,17-18,20-21,23-24,26-27,29-30,32-33,35-36,53,55,60-63,65-72,74-76,78-82H,3-4,6,8-10,12,14-16,19,22,25,28,31,34,37-52,54,56-59H2,1-2H3,(H,73,77)/b7-5-,13-11-,18-17-,21-20-,24-23-,27-26-,30-29-,33-32-,36-35-,55-53+. The van der Waals surface area contributed by atoms with Crippen LogP contribution in [0, 0.1) is 0 Å². The van der Waals surface area contributed by atoms with Crippen LogP contribution in [0.3, 0.4) is 0 Å². The van der Waals surface area contributed by atoms with Crippen molar-refractivity contribution in [1.29, 1.82) is 0 Å². The van der Waals surface area contributed by atoms with Crippen LogP contribution in [0.4, 0.5) is 0 Å². The zero-order valence-electron chi connectivity index (χ0n) is 53.3. The summed E-state index contributed by atoms with van der Waals surface area (Å²) >= 11 is 0. The lowest BCUT2D eigenvalue weighted by Crippen LogP contribution is -2.65. The van der Waals surface area contributed by atoms with Crippen LogP contribution in [0.5, 0.6) is 0 Å². The van der Waals surface area contributed by atoms with Gasteiger partial charge in [-0.15, -0.1) is 0 Å². The number of carbonyl (C=O) groups is 1. The molecule has 2 fully saturated rings.